The third-order valence-corrected chi connectivity index (χ3v) is 7.10. The van der Waals surface area contributed by atoms with Crippen molar-refractivity contribution in [1.29, 1.82) is 5.26 Å². The van der Waals surface area contributed by atoms with Crippen LogP contribution in [0.15, 0.2) is 42.5 Å². The topological polar surface area (TPSA) is 56.6 Å². The van der Waals surface area contributed by atoms with E-state index in [9.17, 15) is 4.79 Å². The van der Waals surface area contributed by atoms with Crippen LogP contribution in [0.25, 0.3) is 0 Å². The lowest BCUT2D eigenvalue weighted by Gasteiger charge is -2.36. The van der Waals surface area contributed by atoms with Gasteiger partial charge in [0.25, 0.3) is 5.91 Å². The summed E-state index contributed by atoms with van der Waals surface area (Å²) in [6.07, 6.45) is 7.21. The number of hydrogen-bond acceptors (Lipinski definition) is 4. The predicted octanol–water partition coefficient (Wildman–Crippen LogP) is 3.80. The van der Waals surface area contributed by atoms with Crippen molar-refractivity contribution in [3.8, 4) is 11.8 Å². The zero-order chi connectivity index (χ0) is 21.2. The lowest BCUT2D eigenvalue weighted by Crippen LogP contribution is -2.41. The maximum absolute atomic E-state index is 12.8. The number of hydrogen-bond donors (Lipinski definition) is 0. The summed E-state index contributed by atoms with van der Waals surface area (Å²) in [5.41, 5.74) is 4.07. The van der Waals surface area contributed by atoms with Crippen LogP contribution in [0.1, 0.15) is 52.7 Å². The van der Waals surface area contributed by atoms with E-state index < -0.39 is 0 Å². The molecule has 5 nitrogen and oxygen atoms in total. The van der Waals surface area contributed by atoms with Gasteiger partial charge in [0.15, 0.2) is 0 Å². The average Bonchev–Trinajstić information content (AvgIpc) is 3.13. The minimum absolute atomic E-state index is 0.00797. The normalized spacial score (nSPS) is 21.6. The Bertz CT molecular complexity index is 991. The molecular formula is C26H29N3O2. The number of fused-ring (bicyclic) bond motifs is 1. The molecule has 2 heterocycles. The van der Waals surface area contributed by atoms with Crippen LogP contribution in [0.2, 0.25) is 0 Å². The van der Waals surface area contributed by atoms with Crippen LogP contribution < -0.4 is 4.74 Å². The summed E-state index contributed by atoms with van der Waals surface area (Å²) in [6, 6.07) is 16.3. The first-order chi connectivity index (χ1) is 15.2. The Labute approximate surface area is 184 Å². The van der Waals surface area contributed by atoms with Gasteiger partial charge < -0.3 is 9.64 Å². The van der Waals surface area contributed by atoms with Gasteiger partial charge >= 0.3 is 0 Å². The predicted molar refractivity (Wildman–Crippen MR) is 119 cm³/mol. The van der Waals surface area contributed by atoms with E-state index in [2.05, 4.69) is 29.2 Å². The van der Waals surface area contributed by atoms with E-state index in [1.54, 1.807) is 24.3 Å². The van der Waals surface area contributed by atoms with Crippen molar-refractivity contribution >= 4 is 5.91 Å². The largest absolute Gasteiger partial charge is 0.489 e. The van der Waals surface area contributed by atoms with E-state index in [1.807, 2.05) is 4.90 Å². The Balaban J connectivity index is 1.19. The molecule has 1 saturated heterocycles. The standard InChI is InChI=1S/C26H29N3O2/c27-17-19-4-6-21(7-5-19)26(30)29-15-12-25(18-29)31-24-9-8-20-10-13-28(23-2-1-3-23)14-11-22(20)16-24/h4-9,16,23,25H,1-3,10-15,18H2/t25-/m0/s1. The summed E-state index contributed by atoms with van der Waals surface area (Å²) >= 11 is 0. The van der Waals surface area contributed by atoms with Gasteiger partial charge in [0.05, 0.1) is 18.2 Å². The minimum atomic E-state index is 0.00797. The van der Waals surface area contributed by atoms with E-state index in [0.717, 1.165) is 37.6 Å². The summed E-state index contributed by atoms with van der Waals surface area (Å²) < 4.78 is 6.29. The zero-order valence-electron chi connectivity index (χ0n) is 17.9. The van der Waals surface area contributed by atoms with Gasteiger partial charge in [0.1, 0.15) is 11.9 Å². The molecule has 0 aromatic heterocycles. The van der Waals surface area contributed by atoms with Crippen molar-refractivity contribution < 1.29 is 9.53 Å². The fourth-order valence-electron chi connectivity index (χ4n) is 4.98. The molecule has 5 heteroatoms. The van der Waals surface area contributed by atoms with Crippen LogP contribution in [0.5, 0.6) is 5.75 Å². The number of likely N-dealkylation sites (tertiary alicyclic amines) is 1. The Hall–Kier alpha value is -2.84. The second-order valence-electron chi connectivity index (χ2n) is 9.02. The monoisotopic (exact) mass is 415 g/mol. The smallest absolute Gasteiger partial charge is 0.253 e. The lowest BCUT2D eigenvalue weighted by molar-refractivity contribution is 0.0772. The number of rotatable bonds is 4. The van der Waals surface area contributed by atoms with Crippen LogP contribution in [0, 0.1) is 11.3 Å². The Morgan fingerprint density at radius 3 is 2.45 bits per heavy atom. The van der Waals surface area contributed by atoms with Gasteiger partial charge in [-0.15, -0.1) is 0 Å². The number of carbonyl (C=O) groups is 1. The summed E-state index contributed by atoms with van der Waals surface area (Å²) in [4.78, 5) is 17.3. The quantitative estimate of drug-likeness (QED) is 0.762. The van der Waals surface area contributed by atoms with Gasteiger partial charge in [-0.25, -0.2) is 0 Å². The van der Waals surface area contributed by atoms with Crippen LogP contribution in [0.4, 0.5) is 0 Å². The molecule has 3 aliphatic rings. The Morgan fingerprint density at radius 1 is 0.968 bits per heavy atom. The number of nitrogens with zero attached hydrogens (tertiary/aromatic N) is 3. The molecule has 1 amide bonds. The van der Waals surface area contributed by atoms with E-state index in [-0.39, 0.29) is 12.0 Å². The number of nitriles is 1. The molecule has 2 aromatic carbocycles. The highest BCUT2D eigenvalue weighted by molar-refractivity contribution is 5.94. The van der Waals surface area contributed by atoms with Gasteiger partial charge in [0, 0.05) is 37.7 Å². The van der Waals surface area contributed by atoms with Crippen molar-refractivity contribution in [1.82, 2.24) is 9.80 Å². The highest BCUT2D eigenvalue weighted by Gasteiger charge is 2.29. The number of ether oxygens (including phenoxy) is 1. The highest BCUT2D eigenvalue weighted by atomic mass is 16.5. The molecule has 2 aromatic rings. The van der Waals surface area contributed by atoms with Gasteiger partial charge in [0.2, 0.25) is 0 Å². The molecular weight excluding hydrogens is 386 g/mol. The number of benzene rings is 2. The van der Waals surface area contributed by atoms with Gasteiger partial charge in [-0.05, 0) is 73.2 Å². The maximum atomic E-state index is 12.8. The summed E-state index contributed by atoms with van der Waals surface area (Å²) in [5, 5.41) is 8.93. The summed E-state index contributed by atoms with van der Waals surface area (Å²) in [7, 11) is 0. The first kappa shape index (κ1) is 20.1. The number of amides is 1. The first-order valence-corrected chi connectivity index (χ1v) is 11.5. The third kappa shape index (κ3) is 4.31. The molecule has 2 fully saturated rings. The second kappa shape index (κ2) is 8.72. The van der Waals surface area contributed by atoms with E-state index in [0.29, 0.717) is 24.2 Å². The SMILES string of the molecule is N#Cc1ccc(C(=O)N2CC[C@H](Oc3ccc4c(c3)CCN(C3CCC3)CC4)C2)cc1. The highest BCUT2D eigenvalue weighted by Crippen LogP contribution is 2.29. The van der Waals surface area contributed by atoms with Crippen molar-refractivity contribution in [3.63, 3.8) is 0 Å². The molecule has 0 bridgehead atoms. The molecule has 5 rings (SSSR count). The Kier molecular flexibility index (Phi) is 5.65. The molecule has 1 atom stereocenters. The lowest BCUT2D eigenvalue weighted by atomic mass is 9.91. The molecule has 0 N–H and O–H groups in total. The molecule has 0 radical (unpaired) electrons. The van der Waals surface area contributed by atoms with Gasteiger partial charge in [-0.3, -0.25) is 9.69 Å². The fourth-order valence-corrected chi connectivity index (χ4v) is 4.98. The van der Waals surface area contributed by atoms with Crippen LogP contribution in [-0.4, -0.2) is 54.0 Å². The first-order valence-electron chi connectivity index (χ1n) is 11.5. The summed E-state index contributed by atoms with van der Waals surface area (Å²) in [5.74, 6) is 0.933. The van der Waals surface area contributed by atoms with Crippen molar-refractivity contribution in [2.75, 3.05) is 26.2 Å². The van der Waals surface area contributed by atoms with Gasteiger partial charge in [-0.1, -0.05) is 12.5 Å². The van der Waals surface area contributed by atoms with Gasteiger partial charge in [-0.2, -0.15) is 5.26 Å². The van der Waals surface area contributed by atoms with Crippen LogP contribution in [0.3, 0.4) is 0 Å². The van der Waals surface area contributed by atoms with Crippen LogP contribution >= 0.6 is 0 Å². The van der Waals surface area contributed by atoms with E-state index in [1.165, 1.54) is 36.9 Å². The van der Waals surface area contributed by atoms with Crippen molar-refractivity contribution in [2.24, 2.45) is 0 Å². The van der Waals surface area contributed by atoms with Crippen molar-refractivity contribution in [3.05, 3.63) is 64.7 Å². The maximum Gasteiger partial charge on any atom is 0.253 e. The molecule has 160 valence electrons. The minimum Gasteiger partial charge on any atom is -0.489 e. The van der Waals surface area contributed by atoms with E-state index >= 15 is 0 Å². The number of carbonyl (C=O) groups excluding carboxylic acids is 1. The molecule has 1 aliphatic carbocycles. The molecule has 2 aliphatic heterocycles. The van der Waals surface area contributed by atoms with Crippen molar-refractivity contribution in [2.45, 2.75) is 50.7 Å². The second-order valence-corrected chi connectivity index (χ2v) is 9.02. The molecule has 1 saturated carbocycles. The summed E-state index contributed by atoms with van der Waals surface area (Å²) in [6.45, 7) is 3.63. The Morgan fingerprint density at radius 2 is 1.74 bits per heavy atom. The zero-order valence-corrected chi connectivity index (χ0v) is 17.9. The fraction of sp³-hybridized carbons (Fsp3) is 0.462. The molecule has 0 spiro atoms. The average molecular weight is 416 g/mol. The molecule has 0 unspecified atom stereocenters. The van der Waals surface area contributed by atoms with Crippen LogP contribution in [-0.2, 0) is 12.8 Å². The third-order valence-electron chi connectivity index (χ3n) is 7.10. The molecule has 31 heavy (non-hydrogen) atoms. The van der Waals surface area contributed by atoms with E-state index in [4.69, 9.17) is 10.00 Å².